The van der Waals surface area contributed by atoms with Crippen LogP contribution in [-0.4, -0.2) is 26.2 Å². The topological polar surface area (TPSA) is 38.3 Å². The first kappa shape index (κ1) is 19.7. The van der Waals surface area contributed by atoms with Crippen molar-refractivity contribution in [2.24, 2.45) is 5.92 Å². The molecule has 3 nitrogen and oxygen atoms in total. The number of benzene rings is 1. The van der Waals surface area contributed by atoms with Gasteiger partial charge >= 0.3 is 12.1 Å². The molecule has 0 bridgehead atoms. The van der Waals surface area contributed by atoms with Crippen LogP contribution in [0.25, 0.3) is 10.1 Å². The molecular formula is C18H22F3NO2S. The van der Waals surface area contributed by atoms with Gasteiger partial charge in [0.1, 0.15) is 4.88 Å². The van der Waals surface area contributed by atoms with Crippen molar-refractivity contribution in [3.8, 4) is 0 Å². The third-order valence-corrected chi connectivity index (χ3v) is 5.44. The predicted molar refractivity (Wildman–Crippen MR) is 94.1 cm³/mol. The average molecular weight is 373 g/mol. The minimum Gasteiger partial charge on any atom is -0.465 e. The van der Waals surface area contributed by atoms with E-state index in [9.17, 15) is 18.0 Å². The quantitative estimate of drug-likeness (QED) is 0.744. The molecule has 1 aromatic carbocycles. The van der Waals surface area contributed by atoms with Gasteiger partial charge in [0.15, 0.2) is 0 Å². The first-order valence-electron chi connectivity index (χ1n) is 8.25. The lowest BCUT2D eigenvalue weighted by atomic mass is 9.96. The molecule has 1 aliphatic rings. The molecule has 0 aliphatic carbocycles. The molecule has 2 heterocycles. The Kier molecular flexibility index (Phi) is 6.84. The van der Waals surface area contributed by atoms with Crippen molar-refractivity contribution in [3.63, 3.8) is 0 Å². The van der Waals surface area contributed by atoms with E-state index in [1.807, 2.05) is 0 Å². The molecule has 0 amide bonds. The number of methoxy groups -OCH3 is 1. The highest BCUT2D eigenvalue weighted by atomic mass is 32.1. The van der Waals surface area contributed by atoms with Crippen LogP contribution in [0.15, 0.2) is 24.3 Å². The van der Waals surface area contributed by atoms with E-state index >= 15 is 0 Å². The van der Waals surface area contributed by atoms with Gasteiger partial charge in [0.25, 0.3) is 0 Å². The highest BCUT2D eigenvalue weighted by molar-refractivity contribution is 7.21. The summed E-state index contributed by atoms with van der Waals surface area (Å²) in [5, 5.41) is 3.74. The number of hydrogen-bond donors (Lipinski definition) is 1. The summed E-state index contributed by atoms with van der Waals surface area (Å²) in [6, 6.07) is 5.26. The third-order valence-electron chi connectivity index (χ3n) is 4.27. The Morgan fingerprint density at radius 1 is 1.32 bits per heavy atom. The summed E-state index contributed by atoms with van der Waals surface area (Å²) in [4.78, 5) is 11.4. The Morgan fingerprint density at radius 2 is 2.00 bits per heavy atom. The van der Waals surface area contributed by atoms with Gasteiger partial charge in [-0.05, 0) is 49.4 Å². The average Bonchev–Trinajstić information content (AvgIpc) is 3.05. The molecule has 0 atom stereocenters. The normalized spacial score (nSPS) is 15.6. The van der Waals surface area contributed by atoms with Crippen molar-refractivity contribution < 1.29 is 22.7 Å². The zero-order valence-corrected chi connectivity index (χ0v) is 15.1. The summed E-state index contributed by atoms with van der Waals surface area (Å²) in [5.41, 5.74) is -0.727. The lowest BCUT2D eigenvalue weighted by Gasteiger charge is -2.20. The zero-order chi connectivity index (χ0) is 18.4. The molecule has 1 fully saturated rings. The molecule has 0 spiro atoms. The first-order valence-corrected chi connectivity index (χ1v) is 9.07. The maximum absolute atomic E-state index is 12.7. The highest BCUT2D eigenvalue weighted by Crippen LogP contribution is 2.38. The van der Waals surface area contributed by atoms with E-state index in [1.54, 1.807) is 0 Å². The van der Waals surface area contributed by atoms with Gasteiger partial charge in [0.05, 0.1) is 12.7 Å². The van der Waals surface area contributed by atoms with E-state index in [0.29, 0.717) is 5.39 Å². The fourth-order valence-electron chi connectivity index (χ4n) is 2.78. The van der Waals surface area contributed by atoms with Crippen molar-refractivity contribution in [1.29, 1.82) is 0 Å². The van der Waals surface area contributed by atoms with Crippen LogP contribution in [0.5, 0.6) is 0 Å². The maximum Gasteiger partial charge on any atom is 0.417 e. The summed E-state index contributed by atoms with van der Waals surface area (Å²) in [5.74, 6) is 0.399. The molecule has 1 aromatic heterocycles. The van der Waals surface area contributed by atoms with Crippen molar-refractivity contribution >= 4 is 27.4 Å². The van der Waals surface area contributed by atoms with Gasteiger partial charge in [-0.2, -0.15) is 13.2 Å². The number of ether oxygens (including phenoxy) is 1. The molecular weight excluding hydrogens is 351 g/mol. The van der Waals surface area contributed by atoms with Gasteiger partial charge < -0.3 is 10.1 Å². The fourth-order valence-corrected chi connectivity index (χ4v) is 3.89. The summed E-state index contributed by atoms with van der Waals surface area (Å²) in [6.07, 6.45) is -0.244. The molecule has 25 heavy (non-hydrogen) atoms. The van der Waals surface area contributed by atoms with E-state index in [-0.39, 0.29) is 9.58 Å². The number of piperidine rings is 1. The number of halogens is 3. The maximum atomic E-state index is 12.7. The molecule has 0 unspecified atom stereocenters. The summed E-state index contributed by atoms with van der Waals surface area (Å²) in [6.45, 7) is 4.78. The minimum absolute atomic E-state index is 0.0559. The van der Waals surface area contributed by atoms with Gasteiger partial charge in [-0.15, -0.1) is 11.3 Å². The number of carbonyl (C=O) groups is 1. The number of thiophene rings is 1. The minimum atomic E-state index is -4.42. The van der Waals surface area contributed by atoms with Gasteiger partial charge in [0, 0.05) is 4.70 Å². The molecule has 1 saturated heterocycles. The van der Waals surface area contributed by atoms with Crippen molar-refractivity contribution in [1.82, 2.24) is 5.32 Å². The lowest BCUT2D eigenvalue weighted by Crippen LogP contribution is -2.27. The second kappa shape index (κ2) is 8.67. The van der Waals surface area contributed by atoms with Gasteiger partial charge in [-0.25, -0.2) is 4.79 Å². The third kappa shape index (κ3) is 5.19. The van der Waals surface area contributed by atoms with Crippen molar-refractivity contribution in [2.75, 3.05) is 20.2 Å². The van der Waals surface area contributed by atoms with E-state index in [2.05, 4.69) is 17.0 Å². The number of rotatable bonds is 2. The fraction of sp³-hybridized carbons (Fsp3) is 0.500. The second-order valence-corrected chi connectivity index (χ2v) is 6.98. The van der Waals surface area contributed by atoms with Crippen LogP contribution in [0, 0.1) is 5.92 Å². The second-order valence-electron chi connectivity index (χ2n) is 5.93. The van der Waals surface area contributed by atoms with E-state index < -0.39 is 17.7 Å². The molecule has 7 heteroatoms. The number of fused-ring (bicyclic) bond motifs is 1. The standard InChI is InChI=1S/C11H7F3O2S.C7H15N/c1-16-10(15)8-5-6-3-2-4-7(9(6)17-8)11(12,13)14;1-2-7-3-5-8-6-4-7/h2-5H,1H3;7-8H,2-6H2,1H3. The van der Waals surface area contributed by atoms with Crippen LogP contribution >= 0.6 is 11.3 Å². The molecule has 3 rings (SSSR count). The smallest absolute Gasteiger partial charge is 0.417 e. The van der Waals surface area contributed by atoms with E-state index in [1.165, 1.54) is 57.7 Å². The molecule has 2 aromatic rings. The van der Waals surface area contributed by atoms with Crippen LogP contribution in [0.2, 0.25) is 0 Å². The molecule has 138 valence electrons. The Bertz CT molecular complexity index is 706. The van der Waals surface area contributed by atoms with Crippen LogP contribution in [0.4, 0.5) is 13.2 Å². The lowest BCUT2D eigenvalue weighted by molar-refractivity contribution is -0.136. The van der Waals surface area contributed by atoms with Crippen molar-refractivity contribution in [2.45, 2.75) is 32.4 Å². The first-order chi connectivity index (χ1) is 11.9. The molecule has 1 N–H and O–H groups in total. The van der Waals surface area contributed by atoms with Gasteiger partial charge in [-0.1, -0.05) is 25.5 Å². The van der Waals surface area contributed by atoms with Crippen LogP contribution in [-0.2, 0) is 10.9 Å². The number of esters is 1. The molecule has 1 aliphatic heterocycles. The zero-order valence-electron chi connectivity index (χ0n) is 14.3. The monoisotopic (exact) mass is 373 g/mol. The predicted octanol–water partition coefficient (Wildman–Crippen LogP) is 5.10. The van der Waals surface area contributed by atoms with Crippen LogP contribution < -0.4 is 5.32 Å². The van der Waals surface area contributed by atoms with E-state index in [0.717, 1.165) is 23.3 Å². The van der Waals surface area contributed by atoms with Crippen LogP contribution in [0.3, 0.4) is 0 Å². The van der Waals surface area contributed by atoms with E-state index in [4.69, 9.17) is 0 Å². The number of nitrogens with one attached hydrogen (secondary N) is 1. The Labute approximate surface area is 149 Å². The van der Waals surface area contributed by atoms with Gasteiger partial charge in [-0.3, -0.25) is 0 Å². The largest absolute Gasteiger partial charge is 0.465 e. The number of hydrogen-bond acceptors (Lipinski definition) is 4. The van der Waals surface area contributed by atoms with Gasteiger partial charge in [0.2, 0.25) is 0 Å². The highest BCUT2D eigenvalue weighted by Gasteiger charge is 2.33. The number of alkyl halides is 3. The molecule has 0 radical (unpaired) electrons. The Hall–Kier alpha value is -1.60. The SMILES string of the molecule is CCC1CCNCC1.COC(=O)c1cc2cccc(C(F)(F)F)c2s1. The molecule has 0 saturated carbocycles. The summed E-state index contributed by atoms with van der Waals surface area (Å²) < 4.78 is 42.6. The Balaban J connectivity index is 0.000000236. The number of carbonyl (C=O) groups excluding carboxylic acids is 1. The van der Waals surface area contributed by atoms with Crippen molar-refractivity contribution in [3.05, 3.63) is 34.7 Å². The summed E-state index contributed by atoms with van der Waals surface area (Å²) >= 11 is 0.789. The summed E-state index contributed by atoms with van der Waals surface area (Å²) in [7, 11) is 1.19. The Morgan fingerprint density at radius 3 is 2.52 bits per heavy atom. The van der Waals surface area contributed by atoms with Crippen LogP contribution in [0.1, 0.15) is 41.4 Å².